The molecule has 0 rings (SSSR count). The minimum absolute atomic E-state index is 0.0645. The van der Waals surface area contributed by atoms with Gasteiger partial charge in [0.05, 0.1) is 12.2 Å². The van der Waals surface area contributed by atoms with Gasteiger partial charge in [-0.05, 0) is 49.1 Å². The van der Waals surface area contributed by atoms with Gasteiger partial charge in [0.15, 0.2) is 16.6 Å². The van der Waals surface area contributed by atoms with Crippen LogP contribution in [0.5, 0.6) is 0 Å². The zero-order valence-corrected chi connectivity index (χ0v) is 29.4. The Bertz CT molecular complexity index is 478. The van der Waals surface area contributed by atoms with Crippen molar-refractivity contribution in [3.05, 3.63) is 0 Å². The number of unbranched alkanes of at least 4 members (excludes halogenated alkanes) is 14. The second-order valence-corrected chi connectivity index (χ2v) is 21.5. The Morgan fingerprint density at radius 2 is 0.711 bits per heavy atom. The van der Waals surface area contributed by atoms with Gasteiger partial charge in [-0.1, -0.05) is 145 Å². The zero-order chi connectivity index (χ0) is 28.5. The molecule has 0 aromatic rings. The predicted molar refractivity (Wildman–Crippen MR) is 175 cm³/mol. The van der Waals surface area contributed by atoms with E-state index < -0.39 is 16.6 Å². The van der Waals surface area contributed by atoms with Crippen LogP contribution in [0.4, 0.5) is 0 Å². The van der Waals surface area contributed by atoms with Crippen molar-refractivity contribution in [2.45, 2.75) is 206 Å². The largest absolute Gasteiger partial charge is 0.411 e. The summed E-state index contributed by atoms with van der Waals surface area (Å²) in [5, 5.41) is 9.97. The average Bonchev–Trinajstić information content (AvgIpc) is 2.95. The number of rotatable bonds is 29. The molecule has 0 unspecified atom stereocenters. The predicted octanol–water partition coefficient (Wildman–Crippen LogP) is 11.4. The molecule has 0 aromatic carbocycles. The second kappa shape index (κ2) is 25.1. The van der Waals surface area contributed by atoms with Crippen molar-refractivity contribution in [2.24, 2.45) is 0 Å². The van der Waals surface area contributed by atoms with Crippen LogP contribution >= 0.6 is 0 Å². The molecule has 2 atom stereocenters. The smallest absolute Gasteiger partial charge is 0.192 e. The summed E-state index contributed by atoms with van der Waals surface area (Å²) < 4.78 is 14.1. The number of aliphatic hydroxyl groups excluding tert-OH is 1. The lowest BCUT2D eigenvalue weighted by atomic mass is 10.0. The van der Waals surface area contributed by atoms with Crippen molar-refractivity contribution < 1.29 is 14.0 Å². The molecule has 0 saturated heterocycles. The third-order valence-electron chi connectivity index (χ3n) is 9.59. The van der Waals surface area contributed by atoms with Gasteiger partial charge >= 0.3 is 0 Å². The lowest BCUT2D eigenvalue weighted by molar-refractivity contribution is 0.0173. The molecule has 0 fully saturated rings. The van der Waals surface area contributed by atoms with Gasteiger partial charge in [0.2, 0.25) is 0 Å². The van der Waals surface area contributed by atoms with Gasteiger partial charge in [-0.2, -0.15) is 0 Å². The van der Waals surface area contributed by atoms with Gasteiger partial charge in [-0.3, -0.25) is 0 Å². The normalized spacial score (nSPS) is 14.2. The molecule has 0 aliphatic heterocycles. The number of hydrogen-bond acceptors (Lipinski definition) is 3. The minimum Gasteiger partial charge on any atom is -0.411 e. The Balaban J connectivity index is 4.62. The molecule has 0 heterocycles. The van der Waals surface area contributed by atoms with Crippen LogP contribution in [-0.2, 0) is 8.85 Å². The van der Waals surface area contributed by atoms with Gasteiger partial charge in [0.25, 0.3) is 0 Å². The van der Waals surface area contributed by atoms with Gasteiger partial charge in [0.1, 0.15) is 0 Å². The molecule has 1 N–H and O–H groups in total. The van der Waals surface area contributed by atoms with E-state index >= 15 is 0 Å². The van der Waals surface area contributed by atoms with Crippen LogP contribution in [0, 0.1) is 0 Å². The van der Waals surface area contributed by atoms with Crippen molar-refractivity contribution in [3.8, 4) is 0 Å². The summed E-state index contributed by atoms with van der Waals surface area (Å²) in [6.45, 7) is 16.4. The molecular weight excluding hydrogens is 501 g/mol. The van der Waals surface area contributed by atoms with Crippen molar-refractivity contribution in [1.82, 2.24) is 0 Å². The Labute approximate surface area is 242 Å². The van der Waals surface area contributed by atoms with Gasteiger partial charge in [0, 0.05) is 6.61 Å². The molecule has 0 bridgehead atoms. The third-order valence-corrected chi connectivity index (χ3v) is 18.9. The van der Waals surface area contributed by atoms with E-state index in [1.807, 2.05) is 0 Å². The van der Waals surface area contributed by atoms with E-state index in [0.29, 0.717) is 0 Å². The molecule has 0 spiro atoms. The van der Waals surface area contributed by atoms with Crippen LogP contribution in [0.3, 0.4) is 0 Å². The quantitative estimate of drug-likeness (QED) is 0.0715. The maximum Gasteiger partial charge on any atom is 0.192 e. The van der Waals surface area contributed by atoms with E-state index in [-0.39, 0.29) is 18.8 Å². The molecule has 230 valence electrons. The molecule has 0 aliphatic carbocycles. The molecule has 0 saturated carbocycles. The number of aliphatic hydroxyl groups is 1. The van der Waals surface area contributed by atoms with Gasteiger partial charge in [-0.25, -0.2) is 0 Å². The summed E-state index contributed by atoms with van der Waals surface area (Å²) in [7, 11) is -3.49. The fourth-order valence-corrected chi connectivity index (χ4v) is 12.0. The lowest BCUT2D eigenvalue weighted by Crippen LogP contribution is -2.49. The molecule has 0 amide bonds. The van der Waals surface area contributed by atoms with Crippen LogP contribution in [0.2, 0.25) is 36.3 Å². The third kappa shape index (κ3) is 16.5. The summed E-state index contributed by atoms with van der Waals surface area (Å²) >= 11 is 0. The molecule has 0 aliphatic rings. The zero-order valence-electron chi connectivity index (χ0n) is 27.4. The van der Waals surface area contributed by atoms with Crippen LogP contribution in [0.25, 0.3) is 0 Å². The van der Waals surface area contributed by atoms with E-state index in [2.05, 4.69) is 48.5 Å². The molecule has 3 nitrogen and oxygen atoms in total. The van der Waals surface area contributed by atoms with Crippen LogP contribution < -0.4 is 0 Å². The Kier molecular flexibility index (Phi) is 25.3. The number of hydrogen-bond donors (Lipinski definition) is 1. The summed E-state index contributed by atoms with van der Waals surface area (Å²) in [4.78, 5) is 0. The Morgan fingerprint density at radius 1 is 0.421 bits per heavy atom. The SMILES string of the molecule is CCCCCCCCCCCCCCCCC[C@H](O[Si](CC)(CC)CC)[C@H](CCO)O[Si](CC)(CC)CC. The van der Waals surface area contributed by atoms with Crippen LogP contribution in [0.1, 0.15) is 158 Å². The highest BCUT2D eigenvalue weighted by atomic mass is 28.4. The minimum atomic E-state index is -1.75. The fraction of sp³-hybridized carbons (Fsp3) is 1.00. The Hall–Kier alpha value is 0.314. The maximum atomic E-state index is 9.97. The van der Waals surface area contributed by atoms with E-state index in [9.17, 15) is 5.11 Å². The van der Waals surface area contributed by atoms with E-state index in [4.69, 9.17) is 8.85 Å². The highest BCUT2D eigenvalue weighted by Crippen LogP contribution is 2.32. The van der Waals surface area contributed by atoms with E-state index in [1.165, 1.54) is 114 Å². The van der Waals surface area contributed by atoms with E-state index in [1.54, 1.807) is 0 Å². The Morgan fingerprint density at radius 3 is 1.00 bits per heavy atom. The second-order valence-electron chi connectivity index (χ2n) is 12.1. The molecule has 38 heavy (non-hydrogen) atoms. The molecule has 0 aromatic heterocycles. The fourth-order valence-electron chi connectivity index (χ4n) is 6.13. The van der Waals surface area contributed by atoms with Gasteiger partial charge in [-0.15, -0.1) is 0 Å². The molecule has 5 heteroatoms. The highest BCUT2D eigenvalue weighted by molar-refractivity contribution is 6.74. The van der Waals surface area contributed by atoms with Crippen molar-refractivity contribution in [2.75, 3.05) is 6.61 Å². The molecular formula is C33H72O3Si2. The van der Waals surface area contributed by atoms with Crippen LogP contribution in [-0.4, -0.2) is 40.6 Å². The first-order chi connectivity index (χ1) is 18.5. The summed E-state index contributed by atoms with van der Waals surface area (Å²) in [6.07, 6.45) is 23.0. The van der Waals surface area contributed by atoms with Crippen molar-refractivity contribution in [3.63, 3.8) is 0 Å². The summed E-state index contributed by atoms with van der Waals surface area (Å²) in [6, 6.07) is 7.01. The lowest BCUT2D eigenvalue weighted by Gasteiger charge is -2.41. The summed E-state index contributed by atoms with van der Waals surface area (Å²) in [5.74, 6) is 0. The maximum absolute atomic E-state index is 9.97. The van der Waals surface area contributed by atoms with Gasteiger partial charge < -0.3 is 14.0 Å². The first-order valence-electron chi connectivity index (χ1n) is 17.4. The average molecular weight is 573 g/mol. The monoisotopic (exact) mass is 573 g/mol. The first kappa shape index (κ1) is 38.3. The highest BCUT2D eigenvalue weighted by Gasteiger charge is 2.39. The topological polar surface area (TPSA) is 38.7 Å². The standard InChI is InChI=1S/C33H72O3Si2/c1-8-15-16-17-18-19-20-21-22-23-24-25-26-27-28-29-32(35-37(9-2,10-3)11-4)33(30-31-34)36-38(12-5,13-6)14-7/h32-34H,8-31H2,1-7H3/t32-,33-/m0/s1. The molecule has 0 radical (unpaired) electrons. The first-order valence-corrected chi connectivity index (χ1v) is 22.5. The summed E-state index contributed by atoms with van der Waals surface area (Å²) in [5.41, 5.74) is 0. The van der Waals surface area contributed by atoms with Crippen molar-refractivity contribution in [1.29, 1.82) is 0 Å². The van der Waals surface area contributed by atoms with Crippen LogP contribution in [0.15, 0.2) is 0 Å². The van der Waals surface area contributed by atoms with Crippen molar-refractivity contribution >= 4 is 16.6 Å². The van der Waals surface area contributed by atoms with E-state index in [0.717, 1.165) is 31.0 Å².